The number of nitrogens with zero attached hydrogens (tertiary/aromatic N) is 1. The SMILES string of the molecule is COc1ccc(C(=O)OCc2cccc3ccccc23)cc1S(=O)(=O)N1CCOCC1. The number of carbonyl (C=O) groups is 1. The van der Waals surface area contributed by atoms with E-state index in [0.29, 0.717) is 13.2 Å². The third-order valence-electron chi connectivity index (χ3n) is 5.23. The van der Waals surface area contributed by atoms with Crippen molar-refractivity contribution < 1.29 is 27.4 Å². The number of hydrogen-bond acceptors (Lipinski definition) is 6. The summed E-state index contributed by atoms with van der Waals surface area (Å²) in [5.41, 5.74) is 1.02. The summed E-state index contributed by atoms with van der Waals surface area (Å²) >= 11 is 0. The van der Waals surface area contributed by atoms with Crippen LogP contribution < -0.4 is 4.74 Å². The third kappa shape index (κ3) is 4.41. The van der Waals surface area contributed by atoms with Crippen LogP contribution in [-0.4, -0.2) is 52.1 Å². The molecule has 0 unspecified atom stereocenters. The lowest BCUT2D eigenvalue weighted by Gasteiger charge is -2.26. The van der Waals surface area contributed by atoms with Gasteiger partial charge in [0.1, 0.15) is 17.3 Å². The molecule has 162 valence electrons. The Morgan fingerprint density at radius 2 is 1.77 bits per heavy atom. The third-order valence-corrected chi connectivity index (χ3v) is 7.15. The maximum atomic E-state index is 13.1. The van der Waals surface area contributed by atoms with Crippen LogP contribution in [0.15, 0.2) is 65.6 Å². The predicted octanol–water partition coefficient (Wildman–Crippen LogP) is 3.23. The molecule has 31 heavy (non-hydrogen) atoms. The smallest absolute Gasteiger partial charge is 0.338 e. The van der Waals surface area contributed by atoms with Crippen molar-refractivity contribution >= 4 is 26.8 Å². The molecule has 1 heterocycles. The quantitative estimate of drug-likeness (QED) is 0.547. The maximum Gasteiger partial charge on any atom is 0.338 e. The summed E-state index contributed by atoms with van der Waals surface area (Å²) in [5.74, 6) is -0.425. The van der Waals surface area contributed by atoms with Crippen LogP contribution in [0.2, 0.25) is 0 Å². The van der Waals surface area contributed by atoms with Crippen molar-refractivity contribution in [3.63, 3.8) is 0 Å². The zero-order valence-electron chi connectivity index (χ0n) is 17.1. The Kier molecular flexibility index (Phi) is 6.22. The number of rotatable bonds is 6. The van der Waals surface area contributed by atoms with Gasteiger partial charge in [-0.25, -0.2) is 13.2 Å². The van der Waals surface area contributed by atoms with Gasteiger partial charge in [-0.2, -0.15) is 4.31 Å². The van der Waals surface area contributed by atoms with Gasteiger partial charge in [0.05, 0.1) is 25.9 Å². The highest BCUT2D eigenvalue weighted by Gasteiger charge is 2.30. The summed E-state index contributed by atoms with van der Waals surface area (Å²) in [5, 5.41) is 2.06. The normalized spacial score (nSPS) is 15.0. The molecule has 0 radical (unpaired) electrons. The molecule has 1 aliphatic rings. The molecule has 1 saturated heterocycles. The Morgan fingerprint density at radius 3 is 2.55 bits per heavy atom. The van der Waals surface area contributed by atoms with E-state index in [1.54, 1.807) is 0 Å². The zero-order chi connectivity index (χ0) is 21.8. The highest BCUT2D eigenvalue weighted by atomic mass is 32.2. The fourth-order valence-electron chi connectivity index (χ4n) is 3.58. The van der Waals surface area contributed by atoms with Crippen LogP contribution in [0.3, 0.4) is 0 Å². The molecule has 0 aromatic heterocycles. The second-order valence-corrected chi connectivity index (χ2v) is 9.00. The van der Waals surface area contributed by atoms with E-state index in [-0.39, 0.29) is 35.9 Å². The standard InChI is InChI=1S/C23H23NO6S/c1-28-21-10-9-18(15-22(21)31(26,27)24-11-13-29-14-12-24)23(25)30-16-19-7-4-6-17-5-2-3-8-20(17)19/h2-10,15H,11-14,16H2,1H3. The fraction of sp³-hybridized carbons (Fsp3) is 0.261. The van der Waals surface area contributed by atoms with Gasteiger partial charge in [-0.3, -0.25) is 0 Å². The lowest BCUT2D eigenvalue weighted by Crippen LogP contribution is -2.40. The summed E-state index contributed by atoms with van der Waals surface area (Å²) in [6, 6.07) is 17.9. The minimum absolute atomic E-state index is 0.0588. The molecular weight excluding hydrogens is 418 g/mol. The summed E-state index contributed by atoms with van der Waals surface area (Å²) < 4.78 is 43.5. The first kappa shape index (κ1) is 21.3. The summed E-state index contributed by atoms with van der Waals surface area (Å²) in [7, 11) is -2.44. The van der Waals surface area contributed by atoms with Gasteiger partial charge in [-0.05, 0) is 34.5 Å². The van der Waals surface area contributed by atoms with Crippen molar-refractivity contribution in [1.82, 2.24) is 4.31 Å². The molecule has 3 aromatic carbocycles. The van der Waals surface area contributed by atoms with E-state index in [0.717, 1.165) is 16.3 Å². The summed E-state index contributed by atoms with van der Waals surface area (Å²) in [6.07, 6.45) is 0. The Bertz CT molecular complexity index is 1200. The minimum atomic E-state index is -3.84. The van der Waals surface area contributed by atoms with Gasteiger partial charge in [0.2, 0.25) is 10.0 Å². The average Bonchev–Trinajstić information content (AvgIpc) is 2.82. The lowest BCUT2D eigenvalue weighted by atomic mass is 10.1. The molecule has 8 heteroatoms. The fourth-order valence-corrected chi connectivity index (χ4v) is 5.17. The first-order valence-electron chi connectivity index (χ1n) is 9.90. The first-order chi connectivity index (χ1) is 15.0. The number of methoxy groups -OCH3 is 1. The van der Waals surface area contributed by atoms with E-state index in [2.05, 4.69) is 0 Å². The zero-order valence-corrected chi connectivity index (χ0v) is 17.9. The van der Waals surface area contributed by atoms with Crippen LogP contribution in [0.5, 0.6) is 5.75 Å². The van der Waals surface area contributed by atoms with Crippen LogP contribution in [0, 0.1) is 0 Å². The first-order valence-corrected chi connectivity index (χ1v) is 11.3. The molecule has 0 amide bonds. The number of morpholine rings is 1. The molecule has 0 N–H and O–H groups in total. The van der Waals surface area contributed by atoms with Crippen LogP contribution in [0.1, 0.15) is 15.9 Å². The molecule has 1 fully saturated rings. The van der Waals surface area contributed by atoms with Crippen LogP contribution in [0.25, 0.3) is 10.8 Å². The monoisotopic (exact) mass is 441 g/mol. The van der Waals surface area contributed by atoms with Gasteiger partial charge < -0.3 is 14.2 Å². The molecule has 3 aromatic rings. The van der Waals surface area contributed by atoms with E-state index in [4.69, 9.17) is 14.2 Å². The van der Waals surface area contributed by atoms with Gasteiger partial charge in [0.15, 0.2) is 0 Å². The van der Waals surface area contributed by atoms with Crippen molar-refractivity contribution in [3.05, 3.63) is 71.8 Å². The van der Waals surface area contributed by atoms with Gasteiger partial charge in [-0.1, -0.05) is 42.5 Å². The molecule has 0 saturated carbocycles. The molecule has 0 aliphatic carbocycles. The van der Waals surface area contributed by atoms with Crippen LogP contribution in [-0.2, 0) is 26.1 Å². The summed E-state index contributed by atoms with van der Waals surface area (Å²) in [6.45, 7) is 1.24. The maximum absolute atomic E-state index is 13.1. The molecular formula is C23H23NO6S. The Balaban J connectivity index is 1.58. The second-order valence-electron chi connectivity index (χ2n) is 7.10. The van der Waals surface area contributed by atoms with E-state index in [1.807, 2.05) is 42.5 Å². The van der Waals surface area contributed by atoms with Crippen molar-refractivity contribution in [1.29, 1.82) is 0 Å². The molecule has 0 bridgehead atoms. The molecule has 0 atom stereocenters. The van der Waals surface area contributed by atoms with E-state index in [1.165, 1.54) is 29.6 Å². The van der Waals surface area contributed by atoms with Gasteiger partial charge in [0, 0.05) is 13.1 Å². The molecule has 1 aliphatic heterocycles. The van der Waals surface area contributed by atoms with Crippen molar-refractivity contribution in [3.8, 4) is 5.75 Å². The minimum Gasteiger partial charge on any atom is -0.495 e. The Hall–Kier alpha value is -2.94. The number of benzene rings is 3. The highest BCUT2D eigenvalue weighted by Crippen LogP contribution is 2.29. The largest absolute Gasteiger partial charge is 0.495 e. The van der Waals surface area contributed by atoms with Gasteiger partial charge >= 0.3 is 5.97 Å². The number of hydrogen-bond donors (Lipinski definition) is 0. The lowest BCUT2D eigenvalue weighted by molar-refractivity contribution is 0.0474. The van der Waals surface area contributed by atoms with E-state index in [9.17, 15) is 13.2 Å². The number of ether oxygens (including phenoxy) is 3. The molecule has 0 spiro atoms. The van der Waals surface area contributed by atoms with Crippen LogP contribution >= 0.6 is 0 Å². The molecule has 7 nitrogen and oxygen atoms in total. The van der Waals surface area contributed by atoms with E-state index < -0.39 is 16.0 Å². The number of carbonyl (C=O) groups excluding carboxylic acids is 1. The number of fused-ring (bicyclic) bond motifs is 1. The number of sulfonamides is 1. The second kappa shape index (κ2) is 9.05. The topological polar surface area (TPSA) is 82.1 Å². The Labute approximate surface area is 181 Å². The highest BCUT2D eigenvalue weighted by molar-refractivity contribution is 7.89. The van der Waals surface area contributed by atoms with Gasteiger partial charge in [-0.15, -0.1) is 0 Å². The van der Waals surface area contributed by atoms with Crippen molar-refractivity contribution in [2.45, 2.75) is 11.5 Å². The summed E-state index contributed by atoms with van der Waals surface area (Å²) in [4.78, 5) is 12.7. The molecule has 4 rings (SSSR count). The average molecular weight is 442 g/mol. The van der Waals surface area contributed by atoms with Crippen molar-refractivity contribution in [2.24, 2.45) is 0 Å². The van der Waals surface area contributed by atoms with E-state index >= 15 is 0 Å². The predicted molar refractivity (Wildman–Crippen MR) is 116 cm³/mol. The number of esters is 1. The van der Waals surface area contributed by atoms with Crippen LogP contribution in [0.4, 0.5) is 0 Å². The van der Waals surface area contributed by atoms with Crippen molar-refractivity contribution in [2.75, 3.05) is 33.4 Å². The Morgan fingerprint density at radius 1 is 1.03 bits per heavy atom. The van der Waals surface area contributed by atoms with Gasteiger partial charge in [0.25, 0.3) is 0 Å².